The molecular weight excluding hydrogens is 176 g/mol. The monoisotopic (exact) mass is 200 g/mol. The zero-order valence-corrected chi connectivity index (χ0v) is 10.3. The summed E-state index contributed by atoms with van der Waals surface area (Å²) >= 11 is 0. The molecule has 1 unspecified atom stereocenters. The van der Waals surface area contributed by atoms with E-state index in [1.807, 2.05) is 6.92 Å². The number of carbonyl (C=O) groups excluding carboxylic acids is 1. The summed E-state index contributed by atoms with van der Waals surface area (Å²) in [6, 6.07) is 0. The highest BCUT2D eigenvalue weighted by Crippen LogP contribution is 2.16. The van der Waals surface area contributed by atoms with Gasteiger partial charge in [-0.05, 0) is 25.3 Å². The van der Waals surface area contributed by atoms with Crippen molar-refractivity contribution in [3.05, 3.63) is 0 Å². The van der Waals surface area contributed by atoms with Crippen molar-refractivity contribution in [1.82, 2.24) is 10.6 Å². The van der Waals surface area contributed by atoms with Crippen molar-refractivity contribution in [3.8, 4) is 0 Å². The Bertz CT molecular complexity index is 190. The maximum Gasteiger partial charge on any atom is 0.240 e. The second-order valence-electron chi connectivity index (χ2n) is 4.71. The van der Waals surface area contributed by atoms with Crippen LogP contribution in [0.15, 0.2) is 0 Å². The van der Waals surface area contributed by atoms with Crippen LogP contribution in [-0.2, 0) is 4.79 Å². The van der Waals surface area contributed by atoms with Crippen molar-refractivity contribution in [2.24, 2.45) is 11.8 Å². The summed E-state index contributed by atoms with van der Waals surface area (Å²) in [5.74, 6) is 0.895. The molecule has 0 fully saturated rings. The van der Waals surface area contributed by atoms with Crippen LogP contribution in [0.4, 0.5) is 0 Å². The van der Waals surface area contributed by atoms with E-state index in [2.05, 4.69) is 38.3 Å². The Kier molecular flexibility index (Phi) is 5.13. The van der Waals surface area contributed by atoms with Crippen molar-refractivity contribution in [2.75, 3.05) is 13.6 Å². The fourth-order valence-electron chi connectivity index (χ4n) is 1.22. The molecule has 1 atom stereocenters. The van der Waals surface area contributed by atoms with E-state index in [0.29, 0.717) is 5.92 Å². The van der Waals surface area contributed by atoms with Gasteiger partial charge in [0.05, 0.1) is 5.54 Å². The van der Waals surface area contributed by atoms with Gasteiger partial charge >= 0.3 is 0 Å². The topological polar surface area (TPSA) is 41.1 Å². The average molecular weight is 200 g/mol. The molecule has 0 aliphatic carbocycles. The van der Waals surface area contributed by atoms with E-state index in [0.717, 1.165) is 6.54 Å². The minimum atomic E-state index is -0.459. The Hall–Kier alpha value is -0.570. The van der Waals surface area contributed by atoms with E-state index in [1.54, 1.807) is 7.05 Å². The smallest absolute Gasteiger partial charge is 0.240 e. The molecule has 0 bridgehead atoms. The normalized spacial score (nSPS) is 15.7. The molecule has 0 saturated heterocycles. The standard InChI is InChI=1S/C11H24N2O/c1-8(2)7-13-11(5,9(3)4)10(14)12-6/h8-9,13H,7H2,1-6H3,(H,12,14). The lowest BCUT2D eigenvalue weighted by molar-refractivity contribution is -0.128. The molecule has 14 heavy (non-hydrogen) atoms. The molecule has 0 aliphatic rings. The number of hydrogen-bond donors (Lipinski definition) is 2. The quantitative estimate of drug-likeness (QED) is 0.704. The number of hydrogen-bond acceptors (Lipinski definition) is 2. The van der Waals surface area contributed by atoms with Gasteiger partial charge in [0.15, 0.2) is 0 Å². The second-order valence-corrected chi connectivity index (χ2v) is 4.71. The molecule has 0 spiro atoms. The molecule has 3 heteroatoms. The van der Waals surface area contributed by atoms with Crippen molar-refractivity contribution in [2.45, 2.75) is 40.2 Å². The lowest BCUT2D eigenvalue weighted by atomic mass is 9.87. The lowest BCUT2D eigenvalue weighted by Gasteiger charge is -2.33. The van der Waals surface area contributed by atoms with E-state index in [4.69, 9.17) is 0 Å². The second kappa shape index (κ2) is 5.35. The number of nitrogens with one attached hydrogen (secondary N) is 2. The summed E-state index contributed by atoms with van der Waals surface area (Å²) in [4.78, 5) is 11.7. The van der Waals surface area contributed by atoms with Crippen molar-refractivity contribution in [3.63, 3.8) is 0 Å². The van der Waals surface area contributed by atoms with E-state index >= 15 is 0 Å². The lowest BCUT2D eigenvalue weighted by Crippen LogP contribution is -2.58. The van der Waals surface area contributed by atoms with Gasteiger partial charge in [-0.25, -0.2) is 0 Å². The van der Waals surface area contributed by atoms with Gasteiger partial charge < -0.3 is 10.6 Å². The predicted molar refractivity (Wildman–Crippen MR) is 60.2 cm³/mol. The van der Waals surface area contributed by atoms with Crippen molar-refractivity contribution >= 4 is 5.91 Å². The van der Waals surface area contributed by atoms with Gasteiger partial charge in [-0.2, -0.15) is 0 Å². The summed E-state index contributed by atoms with van der Waals surface area (Å²) in [7, 11) is 1.68. The molecule has 0 heterocycles. The van der Waals surface area contributed by atoms with Gasteiger partial charge in [-0.1, -0.05) is 27.7 Å². The summed E-state index contributed by atoms with van der Waals surface area (Å²) in [5, 5.41) is 6.04. The van der Waals surface area contributed by atoms with Crippen LogP contribution in [0.25, 0.3) is 0 Å². The summed E-state index contributed by atoms with van der Waals surface area (Å²) in [5.41, 5.74) is -0.459. The SMILES string of the molecule is CNC(=O)C(C)(NCC(C)C)C(C)C. The maximum absolute atomic E-state index is 11.7. The van der Waals surface area contributed by atoms with Crippen LogP contribution in [0.3, 0.4) is 0 Å². The van der Waals surface area contributed by atoms with Gasteiger partial charge in [-0.15, -0.1) is 0 Å². The number of likely N-dealkylation sites (N-methyl/N-ethyl adjacent to an activating group) is 1. The number of rotatable bonds is 5. The largest absolute Gasteiger partial charge is 0.358 e. The molecule has 0 aliphatic heterocycles. The first-order chi connectivity index (χ1) is 6.34. The zero-order valence-electron chi connectivity index (χ0n) is 10.3. The molecular formula is C11H24N2O. The van der Waals surface area contributed by atoms with Gasteiger partial charge in [0.2, 0.25) is 5.91 Å². The highest BCUT2D eigenvalue weighted by Gasteiger charge is 2.35. The molecule has 2 N–H and O–H groups in total. The van der Waals surface area contributed by atoms with Gasteiger partial charge in [0.1, 0.15) is 0 Å². The fourth-order valence-corrected chi connectivity index (χ4v) is 1.22. The Balaban J connectivity index is 4.48. The van der Waals surface area contributed by atoms with Crippen LogP contribution in [0.5, 0.6) is 0 Å². The molecule has 1 amide bonds. The van der Waals surface area contributed by atoms with E-state index < -0.39 is 5.54 Å². The Morgan fingerprint density at radius 1 is 1.29 bits per heavy atom. The first-order valence-electron chi connectivity index (χ1n) is 5.31. The van der Waals surface area contributed by atoms with Crippen molar-refractivity contribution in [1.29, 1.82) is 0 Å². The summed E-state index contributed by atoms with van der Waals surface area (Å²) in [6.07, 6.45) is 0. The zero-order chi connectivity index (χ0) is 11.4. The molecule has 0 radical (unpaired) electrons. The molecule has 84 valence electrons. The maximum atomic E-state index is 11.7. The Morgan fingerprint density at radius 3 is 2.07 bits per heavy atom. The molecule has 0 saturated carbocycles. The molecule has 0 aromatic carbocycles. The molecule has 0 aromatic rings. The van der Waals surface area contributed by atoms with E-state index in [-0.39, 0.29) is 11.8 Å². The van der Waals surface area contributed by atoms with Crippen LogP contribution in [0.2, 0.25) is 0 Å². The minimum absolute atomic E-state index is 0.0631. The van der Waals surface area contributed by atoms with Crippen LogP contribution in [0, 0.1) is 11.8 Å². The summed E-state index contributed by atoms with van der Waals surface area (Å²) < 4.78 is 0. The third-order valence-corrected chi connectivity index (χ3v) is 2.73. The van der Waals surface area contributed by atoms with E-state index in [1.165, 1.54) is 0 Å². The van der Waals surface area contributed by atoms with Crippen LogP contribution >= 0.6 is 0 Å². The fraction of sp³-hybridized carbons (Fsp3) is 0.909. The molecule has 0 rings (SSSR count). The van der Waals surface area contributed by atoms with Gasteiger partial charge in [-0.3, -0.25) is 4.79 Å². The van der Waals surface area contributed by atoms with Gasteiger partial charge in [0.25, 0.3) is 0 Å². The predicted octanol–water partition coefficient (Wildman–Crippen LogP) is 1.39. The Morgan fingerprint density at radius 2 is 1.79 bits per heavy atom. The first-order valence-corrected chi connectivity index (χ1v) is 5.31. The Labute approximate surface area is 87.6 Å². The van der Waals surface area contributed by atoms with Crippen LogP contribution < -0.4 is 10.6 Å². The van der Waals surface area contributed by atoms with Crippen LogP contribution in [0.1, 0.15) is 34.6 Å². The third kappa shape index (κ3) is 3.29. The van der Waals surface area contributed by atoms with Gasteiger partial charge in [0, 0.05) is 7.05 Å². The highest BCUT2D eigenvalue weighted by molar-refractivity contribution is 5.85. The minimum Gasteiger partial charge on any atom is -0.358 e. The van der Waals surface area contributed by atoms with E-state index in [9.17, 15) is 4.79 Å². The third-order valence-electron chi connectivity index (χ3n) is 2.73. The highest BCUT2D eigenvalue weighted by atomic mass is 16.2. The average Bonchev–Trinajstić information content (AvgIpc) is 2.12. The van der Waals surface area contributed by atoms with Crippen LogP contribution in [-0.4, -0.2) is 25.0 Å². The summed E-state index contributed by atoms with van der Waals surface area (Å²) in [6.45, 7) is 11.2. The molecule has 0 aromatic heterocycles. The first kappa shape index (κ1) is 13.4. The number of carbonyl (C=O) groups is 1. The van der Waals surface area contributed by atoms with Crippen molar-refractivity contribution < 1.29 is 4.79 Å². The molecule has 3 nitrogen and oxygen atoms in total. The number of amides is 1.